The molecule has 27 heavy (non-hydrogen) atoms. The van der Waals surface area contributed by atoms with Gasteiger partial charge < -0.3 is 15.4 Å². The number of fused-ring (bicyclic) bond motifs is 3. The van der Waals surface area contributed by atoms with E-state index in [1.807, 2.05) is 12.1 Å². The van der Waals surface area contributed by atoms with E-state index < -0.39 is 0 Å². The minimum absolute atomic E-state index is 0.0437. The van der Waals surface area contributed by atoms with Crippen molar-refractivity contribution in [3.05, 3.63) is 56.2 Å². The molecule has 0 spiro atoms. The van der Waals surface area contributed by atoms with Gasteiger partial charge in [0, 0.05) is 22.7 Å². The van der Waals surface area contributed by atoms with E-state index in [1.165, 1.54) is 22.2 Å². The number of carbonyl (C=O) groups is 1. The van der Waals surface area contributed by atoms with Crippen LogP contribution in [-0.4, -0.2) is 34.1 Å². The minimum Gasteiger partial charge on any atom is -0.395 e. The van der Waals surface area contributed by atoms with Crippen LogP contribution in [0.5, 0.6) is 0 Å². The number of thiophene rings is 1. The van der Waals surface area contributed by atoms with Crippen LogP contribution in [0.1, 0.15) is 32.8 Å². The van der Waals surface area contributed by atoms with Crippen LogP contribution in [0.2, 0.25) is 0 Å². The Kier molecular flexibility index (Phi) is 5.29. The Morgan fingerprint density at radius 3 is 2.89 bits per heavy atom. The molecule has 2 heterocycles. The number of benzene rings is 1. The molecule has 140 valence electrons. The van der Waals surface area contributed by atoms with Crippen molar-refractivity contribution in [1.29, 1.82) is 0 Å². The highest BCUT2D eigenvalue weighted by atomic mass is 32.2. The molecule has 0 saturated heterocycles. The van der Waals surface area contributed by atoms with Crippen LogP contribution in [0.15, 0.2) is 34.2 Å². The van der Waals surface area contributed by atoms with Gasteiger partial charge in [0.05, 0.1) is 12.0 Å². The number of amides is 1. The average Bonchev–Trinajstić information content (AvgIpc) is 3.25. The van der Waals surface area contributed by atoms with Crippen molar-refractivity contribution in [3.63, 3.8) is 0 Å². The van der Waals surface area contributed by atoms with Crippen LogP contribution in [0.25, 0.3) is 10.2 Å². The summed E-state index contributed by atoms with van der Waals surface area (Å²) in [4.78, 5) is 34.0. The van der Waals surface area contributed by atoms with Crippen LogP contribution in [0, 0.1) is 0 Å². The highest BCUT2D eigenvalue weighted by Gasteiger charge is 2.21. The van der Waals surface area contributed by atoms with Crippen molar-refractivity contribution in [1.82, 2.24) is 15.3 Å². The van der Waals surface area contributed by atoms with E-state index in [-0.39, 0.29) is 24.6 Å². The number of aryl methyl sites for hydroxylation is 2. The summed E-state index contributed by atoms with van der Waals surface area (Å²) in [5.74, 6) is 0.448. The van der Waals surface area contributed by atoms with Gasteiger partial charge in [0.2, 0.25) is 0 Å². The normalized spacial score (nSPS) is 13.1. The number of hydrogen-bond acceptors (Lipinski definition) is 6. The van der Waals surface area contributed by atoms with Crippen molar-refractivity contribution >= 4 is 39.2 Å². The van der Waals surface area contributed by atoms with Gasteiger partial charge in [-0.15, -0.1) is 11.3 Å². The number of thioether (sulfide) groups is 1. The number of nitrogens with zero attached hydrogens (tertiary/aromatic N) is 1. The van der Waals surface area contributed by atoms with E-state index in [0.717, 1.165) is 35.0 Å². The highest BCUT2D eigenvalue weighted by molar-refractivity contribution is 7.98. The van der Waals surface area contributed by atoms with E-state index in [4.69, 9.17) is 5.11 Å². The van der Waals surface area contributed by atoms with Gasteiger partial charge in [-0.2, -0.15) is 0 Å². The molecule has 0 unspecified atom stereocenters. The van der Waals surface area contributed by atoms with Crippen LogP contribution in [0.4, 0.5) is 0 Å². The molecule has 3 aromatic rings. The minimum atomic E-state index is -0.203. The first-order chi connectivity index (χ1) is 13.2. The SMILES string of the molecule is O=C(NCCO)c1ccc(CSc2nc3sc4c(c3c(=O)[nH]2)CCC4)cc1. The van der Waals surface area contributed by atoms with Crippen molar-refractivity contribution < 1.29 is 9.90 Å². The quantitative estimate of drug-likeness (QED) is 0.436. The van der Waals surface area contributed by atoms with E-state index in [9.17, 15) is 9.59 Å². The summed E-state index contributed by atoms with van der Waals surface area (Å²) in [6, 6.07) is 7.28. The lowest BCUT2D eigenvalue weighted by Crippen LogP contribution is -2.26. The zero-order chi connectivity index (χ0) is 18.8. The van der Waals surface area contributed by atoms with E-state index in [0.29, 0.717) is 16.5 Å². The standard InChI is InChI=1S/C19H19N3O3S2/c23-9-8-20-16(24)12-6-4-11(5-7-12)10-26-19-21-17(25)15-13-2-1-3-14(13)27-18(15)22-19/h4-7,23H,1-3,8-10H2,(H,20,24)(H,21,22,25). The van der Waals surface area contributed by atoms with Gasteiger partial charge in [-0.3, -0.25) is 9.59 Å². The lowest BCUT2D eigenvalue weighted by Gasteiger charge is -2.05. The van der Waals surface area contributed by atoms with Gasteiger partial charge in [0.1, 0.15) is 4.83 Å². The molecule has 3 N–H and O–H groups in total. The molecule has 6 nitrogen and oxygen atoms in total. The molecule has 8 heteroatoms. The van der Waals surface area contributed by atoms with E-state index in [2.05, 4.69) is 15.3 Å². The van der Waals surface area contributed by atoms with Gasteiger partial charge in [-0.05, 0) is 42.5 Å². The van der Waals surface area contributed by atoms with Crippen molar-refractivity contribution in [2.45, 2.75) is 30.2 Å². The third-order valence-corrected chi connectivity index (χ3v) is 6.67. The Bertz CT molecular complexity index is 1040. The lowest BCUT2D eigenvalue weighted by molar-refractivity contribution is 0.0945. The molecule has 0 bridgehead atoms. The Morgan fingerprint density at radius 1 is 1.30 bits per heavy atom. The number of carbonyl (C=O) groups excluding carboxylic acids is 1. The van der Waals surface area contributed by atoms with Crippen molar-refractivity contribution in [2.24, 2.45) is 0 Å². The fourth-order valence-electron chi connectivity index (χ4n) is 3.23. The predicted molar refractivity (Wildman–Crippen MR) is 108 cm³/mol. The molecule has 0 radical (unpaired) electrons. The van der Waals surface area contributed by atoms with Crippen LogP contribution in [-0.2, 0) is 18.6 Å². The third-order valence-electron chi connectivity index (χ3n) is 4.54. The number of nitrogens with one attached hydrogen (secondary N) is 2. The fourth-order valence-corrected chi connectivity index (χ4v) is 5.36. The Morgan fingerprint density at radius 2 is 2.11 bits per heavy atom. The third kappa shape index (κ3) is 3.78. The fraction of sp³-hybridized carbons (Fsp3) is 0.316. The monoisotopic (exact) mass is 401 g/mol. The number of aliphatic hydroxyl groups excluding tert-OH is 1. The predicted octanol–water partition coefficient (Wildman–Crippen LogP) is 2.49. The smallest absolute Gasteiger partial charge is 0.260 e. The number of aromatic amines is 1. The largest absolute Gasteiger partial charge is 0.395 e. The van der Waals surface area contributed by atoms with Gasteiger partial charge in [-0.25, -0.2) is 4.98 Å². The molecule has 1 amide bonds. The molecule has 0 fully saturated rings. The summed E-state index contributed by atoms with van der Waals surface area (Å²) in [5.41, 5.74) is 2.74. The maximum atomic E-state index is 12.5. The number of aromatic nitrogens is 2. The molecule has 1 aromatic carbocycles. The highest BCUT2D eigenvalue weighted by Crippen LogP contribution is 2.35. The first kappa shape index (κ1) is 18.2. The first-order valence-corrected chi connectivity index (χ1v) is 10.6. The van der Waals surface area contributed by atoms with Crippen molar-refractivity contribution in [3.8, 4) is 0 Å². The Labute approximate surface area is 164 Å². The number of aliphatic hydroxyl groups is 1. The number of hydrogen-bond donors (Lipinski definition) is 3. The molecule has 0 aliphatic heterocycles. The molecule has 1 aliphatic carbocycles. The summed E-state index contributed by atoms with van der Waals surface area (Å²) in [5, 5.41) is 12.8. The second-order valence-corrected chi connectivity index (χ2v) is 8.42. The molecular weight excluding hydrogens is 382 g/mol. The molecule has 2 aromatic heterocycles. The van der Waals surface area contributed by atoms with Gasteiger partial charge in [-0.1, -0.05) is 23.9 Å². The van der Waals surface area contributed by atoms with Crippen LogP contribution < -0.4 is 10.9 Å². The summed E-state index contributed by atoms with van der Waals surface area (Å²) in [6.45, 7) is 0.160. The zero-order valence-corrected chi connectivity index (χ0v) is 16.2. The molecule has 0 saturated carbocycles. The summed E-state index contributed by atoms with van der Waals surface area (Å²) in [6.07, 6.45) is 3.16. The van der Waals surface area contributed by atoms with Crippen LogP contribution in [0.3, 0.4) is 0 Å². The van der Waals surface area contributed by atoms with Gasteiger partial charge in [0.25, 0.3) is 11.5 Å². The van der Waals surface area contributed by atoms with E-state index in [1.54, 1.807) is 23.5 Å². The number of rotatable bonds is 6. The van der Waals surface area contributed by atoms with Crippen molar-refractivity contribution in [2.75, 3.05) is 13.2 Å². The summed E-state index contributed by atoms with van der Waals surface area (Å²) in [7, 11) is 0. The second-order valence-electron chi connectivity index (χ2n) is 6.37. The van der Waals surface area contributed by atoms with E-state index >= 15 is 0 Å². The summed E-state index contributed by atoms with van der Waals surface area (Å²) >= 11 is 3.12. The topological polar surface area (TPSA) is 95.1 Å². The molecule has 1 aliphatic rings. The number of H-pyrrole nitrogens is 1. The Hall–Kier alpha value is -2.16. The van der Waals surface area contributed by atoms with Crippen LogP contribution >= 0.6 is 23.1 Å². The molecule has 0 atom stereocenters. The molecule has 4 rings (SSSR count). The van der Waals surface area contributed by atoms with Gasteiger partial charge >= 0.3 is 0 Å². The maximum absolute atomic E-state index is 12.5. The maximum Gasteiger partial charge on any atom is 0.260 e. The average molecular weight is 402 g/mol. The second kappa shape index (κ2) is 7.84. The molecular formula is C19H19N3O3S2. The lowest BCUT2D eigenvalue weighted by atomic mass is 10.1. The Balaban J connectivity index is 1.46. The first-order valence-electron chi connectivity index (χ1n) is 8.81. The summed E-state index contributed by atoms with van der Waals surface area (Å²) < 4.78 is 0. The van der Waals surface area contributed by atoms with Gasteiger partial charge in [0.15, 0.2) is 5.16 Å². The zero-order valence-electron chi connectivity index (χ0n) is 14.6.